The highest BCUT2D eigenvalue weighted by Gasteiger charge is 2.17. The van der Waals surface area contributed by atoms with Crippen LogP contribution in [0.15, 0.2) is 66.7 Å². The van der Waals surface area contributed by atoms with E-state index in [1.807, 2.05) is 36.4 Å². The van der Waals surface area contributed by atoms with Gasteiger partial charge in [0.2, 0.25) is 0 Å². The van der Waals surface area contributed by atoms with Crippen molar-refractivity contribution in [2.24, 2.45) is 0 Å². The van der Waals surface area contributed by atoms with E-state index >= 15 is 0 Å². The van der Waals surface area contributed by atoms with Gasteiger partial charge in [0, 0.05) is 10.9 Å². The zero-order valence-corrected chi connectivity index (χ0v) is 11.6. The monoisotopic (exact) mass is 288 g/mol. The molecule has 0 aliphatic rings. The number of hydroxylamine groups is 1. The molecule has 22 heavy (non-hydrogen) atoms. The molecule has 0 aliphatic heterocycles. The quantitative estimate of drug-likeness (QED) is 0.577. The molecule has 3 aromatic rings. The predicted octanol–water partition coefficient (Wildman–Crippen LogP) is 3.75. The van der Waals surface area contributed by atoms with Crippen molar-refractivity contribution in [3.05, 3.63) is 77.9 Å². The highest BCUT2D eigenvalue weighted by Crippen LogP contribution is 2.26. The molecule has 0 spiro atoms. The summed E-state index contributed by atoms with van der Waals surface area (Å²) < 4.78 is 0. The summed E-state index contributed by atoms with van der Waals surface area (Å²) in [5.74, 6) is -0.541. The van der Waals surface area contributed by atoms with E-state index in [0.717, 1.165) is 10.8 Å². The van der Waals surface area contributed by atoms with Crippen molar-refractivity contribution in [3.63, 3.8) is 0 Å². The fourth-order valence-electron chi connectivity index (χ4n) is 2.31. The first-order valence-corrected chi connectivity index (χ1v) is 6.72. The second-order valence-electron chi connectivity index (χ2n) is 4.80. The number of anilines is 1. The van der Waals surface area contributed by atoms with E-state index in [9.17, 15) is 10.0 Å². The van der Waals surface area contributed by atoms with Crippen LogP contribution in [0.25, 0.3) is 10.8 Å². The van der Waals surface area contributed by atoms with Crippen molar-refractivity contribution in [1.82, 2.24) is 0 Å². The molecule has 0 bridgehead atoms. The standard InChI is InChI=1S/C18H12N2O2/c19-12-13-8-10-15(11-9-13)18(21)20(22)17-7-3-5-14-4-1-2-6-16(14)17/h1-11,22H. The fraction of sp³-hybridized carbons (Fsp3) is 0. The topological polar surface area (TPSA) is 64.3 Å². The third-order valence-corrected chi connectivity index (χ3v) is 3.45. The fourth-order valence-corrected chi connectivity index (χ4v) is 2.31. The maximum atomic E-state index is 12.4. The van der Waals surface area contributed by atoms with Crippen LogP contribution in [0.2, 0.25) is 0 Å². The van der Waals surface area contributed by atoms with Gasteiger partial charge in [-0.05, 0) is 35.7 Å². The van der Waals surface area contributed by atoms with Crippen molar-refractivity contribution in [2.45, 2.75) is 0 Å². The smallest absolute Gasteiger partial charge is 0.281 e. The minimum Gasteiger partial charge on any atom is -0.281 e. The molecular formula is C18H12N2O2. The summed E-state index contributed by atoms with van der Waals surface area (Å²) in [5, 5.41) is 21.4. The molecule has 4 nitrogen and oxygen atoms in total. The number of carbonyl (C=O) groups excluding carboxylic acids is 1. The number of hydrogen-bond acceptors (Lipinski definition) is 3. The van der Waals surface area contributed by atoms with Crippen molar-refractivity contribution in [3.8, 4) is 6.07 Å². The van der Waals surface area contributed by atoms with Gasteiger partial charge in [-0.1, -0.05) is 36.4 Å². The number of carbonyl (C=O) groups is 1. The van der Waals surface area contributed by atoms with E-state index < -0.39 is 5.91 Å². The molecule has 3 aromatic carbocycles. The lowest BCUT2D eigenvalue weighted by molar-refractivity contribution is 0.0855. The molecule has 0 aliphatic carbocycles. The third-order valence-electron chi connectivity index (χ3n) is 3.45. The second kappa shape index (κ2) is 5.68. The predicted molar refractivity (Wildman–Crippen MR) is 83.7 cm³/mol. The lowest BCUT2D eigenvalue weighted by atomic mass is 10.1. The second-order valence-corrected chi connectivity index (χ2v) is 4.80. The highest BCUT2D eigenvalue weighted by atomic mass is 16.5. The molecule has 0 heterocycles. The Morgan fingerprint density at radius 1 is 0.955 bits per heavy atom. The summed E-state index contributed by atoms with van der Waals surface area (Å²) in [4.78, 5) is 12.4. The number of nitriles is 1. The Hall–Kier alpha value is -3.16. The molecule has 0 unspecified atom stereocenters. The maximum absolute atomic E-state index is 12.4. The Morgan fingerprint density at radius 2 is 1.64 bits per heavy atom. The maximum Gasteiger partial charge on any atom is 0.282 e. The van der Waals surface area contributed by atoms with Crippen LogP contribution in [0.3, 0.4) is 0 Å². The average Bonchev–Trinajstić information content (AvgIpc) is 2.60. The summed E-state index contributed by atoms with van der Waals surface area (Å²) in [7, 11) is 0. The molecule has 0 saturated carbocycles. The van der Waals surface area contributed by atoms with Gasteiger partial charge in [-0.3, -0.25) is 10.0 Å². The first kappa shape index (κ1) is 13.8. The number of nitrogens with zero attached hydrogens (tertiary/aromatic N) is 2. The van der Waals surface area contributed by atoms with Crippen LogP contribution in [-0.2, 0) is 0 Å². The van der Waals surface area contributed by atoms with Gasteiger partial charge >= 0.3 is 0 Å². The van der Waals surface area contributed by atoms with Crippen molar-refractivity contribution < 1.29 is 10.0 Å². The Bertz CT molecular complexity index is 874. The normalized spacial score (nSPS) is 10.2. The minimum atomic E-state index is -0.541. The van der Waals surface area contributed by atoms with Gasteiger partial charge in [0.05, 0.1) is 17.3 Å². The van der Waals surface area contributed by atoms with E-state index in [2.05, 4.69) is 0 Å². The Balaban J connectivity index is 1.99. The van der Waals surface area contributed by atoms with Crippen LogP contribution in [-0.4, -0.2) is 11.1 Å². The summed E-state index contributed by atoms with van der Waals surface area (Å²) in [6.07, 6.45) is 0. The molecule has 1 N–H and O–H groups in total. The van der Waals surface area contributed by atoms with Crippen LogP contribution in [0.5, 0.6) is 0 Å². The lowest BCUT2D eigenvalue weighted by Gasteiger charge is -2.17. The van der Waals surface area contributed by atoms with Crippen LogP contribution < -0.4 is 5.06 Å². The van der Waals surface area contributed by atoms with Crippen LogP contribution in [0.4, 0.5) is 5.69 Å². The molecule has 4 heteroatoms. The van der Waals surface area contributed by atoms with E-state index in [1.54, 1.807) is 24.3 Å². The molecule has 106 valence electrons. The number of benzene rings is 3. The third kappa shape index (κ3) is 2.41. The number of hydrogen-bond donors (Lipinski definition) is 1. The summed E-state index contributed by atoms with van der Waals surface area (Å²) >= 11 is 0. The van der Waals surface area contributed by atoms with Gasteiger partial charge in [-0.15, -0.1) is 0 Å². The molecule has 0 radical (unpaired) electrons. The number of amides is 1. The van der Waals surface area contributed by atoms with Gasteiger partial charge in [0.15, 0.2) is 0 Å². The van der Waals surface area contributed by atoms with E-state index in [-0.39, 0.29) is 0 Å². The van der Waals surface area contributed by atoms with E-state index in [4.69, 9.17) is 5.26 Å². The van der Waals surface area contributed by atoms with Gasteiger partial charge < -0.3 is 0 Å². The van der Waals surface area contributed by atoms with Gasteiger partial charge in [0.1, 0.15) is 0 Å². The van der Waals surface area contributed by atoms with Gasteiger partial charge in [-0.2, -0.15) is 10.3 Å². The average molecular weight is 288 g/mol. The van der Waals surface area contributed by atoms with Crippen molar-refractivity contribution >= 4 is 22.4 Å². The largest absolute Gasteiger partial charge is 0.282 e. The lowest BCUT2D eigenvalue weighted by Crippen LogP contribution is -2.27. The minimum absolute atomic E-state index is 0.314. The molecule has 0 atom stereocenters. The van der Waals surface area contributed by atoms with E-state index in [1.165, 1.54) is 12.1 Å². The van der Waals surface area contributed by atoms with Crippen molar-refractivity contribution in [1.29, 1.82) is 5.26 Å². The zero-order valence-electron chi connectivity index (χ0n) is 11.6. The summed E-state index contributed by atoms with van der Waals surface area (Å²) in [5.41, 5.74) is 1.20. The highest BCUT2D eigenvalue weighted by molar-refractivity contribution is 6.09. The summed E-state index contributed by atoms with van der Waals surface area (Å²) in [6, 6.07) is 21.0. The first-order chi connectivity index (χ1) is 10.7. The van der Waals surface area contributed by atoms with Gasteiger partial charge in [-0.25, -0.2) is 0 Å². The van der Waals surface area contributed by atoms with Crippen molar-refractivity contribution in [2.75, 3.05) is 5.06 Å². The number of fused-ring (bicyclic) bond motifs is 1. The Labute approximate surface area is 127 Å². The van der Waals surface area contributed by atoms with Crippen LogP contribution in [0, 0.1) is 11.3 Å². The number of rotatable bonds is 2. The first-order valence-electron chi connectivity index (χ1n) is 6.72. The molecule has 0 fully saturated rings. The Kier molecular flexibility index (Phi) is 3.57. The SMILES string of the molecule is N#Cc1ccc(C(=O)N(O)c2cccc3ccccc23)cc1. The van der Waals surface area contributed by atoms with E-state index in [0.29, 0.717) is 21.9 Å². The molecule has 0 aromatic heterocycles. The molecule has 3 rings (SSSR count). The molecule has 0 saturated heterocycles. The zero-order chi connectivity index (χ0) is 15.5. The summed E-state index contributed by atoms with van der Waals surface area (Å²) in [6.45, 7) is 0. The van der Waals surface area contributed by atoms with Gasteiger partial charge in [0.25, 0.3) is 5.91 Å². The Morgan fingerprint density at radius 3 is 2.36 bits per heavy atom. The van der Waals surface area contributed by atoms with Crippen LogP contribution >= 0.6 is 0 Å². The molecule has 1 amide bonds. The van der Waals surface area contributed by atoms with Crippen LogP contribution in [0.1, 0.15) is 15.9 Å². The molecular weight excluding hydrogens is 276 g/mol.